The molecule has 7 rings (SSSR count). The van der Waals surface area contributed by atoms with Crippen molar-refractivity contribution < 1.29 is 18.8 Å². The number of hydrogen-bond donors (Lipinski definition) is 0. The third-order valence-corrected chi connectivity index (χ3v) is 8.82. The molecule has 1 fully saturated rings. The monoisotopic (exact) mass is 577 g/mol. The van der Waals surface area contributed by atoms with Crippen LogP contribution < -0.4 is 4.90 Å². The fraction of sp³-hybridized carbons (Fsp3) is 0.121. The van der Waals surface area contributed by atoms with Gasteiger partial charge in [-0.15, -0.1) is 0 Å². The molecule has 0 radical (unpaired) electrons. The van der Waals surface area contributed by atoms with E-state index in [0.717, 1.165) is 15.7 Å². The van der Waals surface area contributed by atoms with Gasteiger partial charge < -0.3 is 4.90 Å². The number of nitrogens with zero attached hydrogens (tertiary/aromatic N) is 1. The summed E-state index contributed by atoms with van der Waals surface area (Å²) >= 11 is 3.53. The van der Waals surface area contributed by atoms with Crippen LogP contribution in [0, 0.1) is 11.2 Å². The first-order valence-corrected chi connectivity index (χ1v) is 13.5. The second-order valence-corrected chi connectivity index (χ2v) is 11.1. The van der Waals surface area contributed by atoms with Gasteiger partial charge in [0.25, 0.3) is 0 Å². The lowest BCUT2D eigenvalue weighted by Crippen LogP contribution is -2.48. The van der Waals surface area contributed by atoms with Gasteiger partial charge in [-0.1, -0.05) is 94.8 Å². The number of carbonyl (C=O) groups excluding carboxylic acids is 3. The van der Waals surface area contributed by atoms with E-state index in [0.29, 0.717) is 22.3 Å². The van der Waals surface area contributed by atoms with Crippen LogP contribution in [-0.2, 0) is 0 Å². The van der Waals surface area contributed by atoms with Crippen molar-refractivity contribution in [3.63, 3.8) is 0 Å². The molecular formula is C33H21BrFNO3. The Morgan fingerprint density at radius 2 is 1.46 bits per heavy atom. The molecule has 4 nitrogen and oxygen atoms in total. The highest BCUT2D eigenvalue weighted by Crippen LogP contribution is 2.61. The maximum absolute atomic E-state index is 14.5. The molecule has 2 aliphatic heterocycles. The standard InChI is InChI=1S/C33H21BrFNO3/c34-22-13-16-26-21(18-22)12-17-27-33(31(38)24-8-4-5-9-25(24)32(33)39)28(19-10-14-23(35)15-11-19)29(36(26)27)30(37)20-6-2-1-3-7-20/h1-18,27-29H/t27-,28-,29-/m0/s1. The lowest BCUT2D eigenvalue weighted by molar-refractivity contribution is 0.0666. The fourth-order valence-corrected chi connectivity index (χ4v) is 7.14. The Balaban J connectivity index is 1.55. The van der Waals surface area contributed by atoms with Crippen molar-refractivity contribution in [2.75, 3.05) is 4.90 Å². The van der Waals surface area contributed by atoms with Gasteiger partial charge in [-0.05, 0) is 41.5 Å². The number of anilines is 1. The molecule has 190 valence electrons. The van der Waals surface area contributed by atoms with Crippen LogP contribution in [0.4, 0.5) is 10.1 Å². The Morgan fingerprint density at radius 1 is 0.821 bits per heavy atom. The van der Waals surface area contributed by atoms with Gasteiger partial charge in [-0.25, -0.2) is 4.39 Å². The number of benzene rings is 4. The number of fused-ring (bicyclic) bond motifs is 5. The van der Waals surface area contributed by atoms with Crippen molar-refractivity contribution in [2.45, 2.75) is 18.0 Å². The third-order valence-electron chi connectivity index (χ3n) is 8.32. The van der Waals surface area contributed by atoms with Crippen LogP contribution in [0.25, 0.3) is 6.08 Å². The molecule has 1 saturated heterocycles. The maximum Gasteiger partial charge on any atom is 0.185 e. The van der Waals surface area contributed by atoms with E-state index in [-0.39, 0.29) is 17.3 Å². The van der Waals surface area contributed by atoms with Gasteiger partial charge in [-0.3, -0.25) is 14.4 Å². The molecule has 0 saturated carbocycles. The quantitative estimate of drug-likeness (QED) is 0.196. The first kappa shape index (κ1) is 23.9. The van der Waals surface area contributed by atoms with Gasteiger partial charge in [-0.2, -0.15) is 0 Å². The number of rotatable bonds is 3. The second-order valence-electron chi connectivity index (χ2n) is 10.2. The van der Waals surface area contributed by atoms with Gasteiger partial charge in [0.2, 0.25) is 0 Å². The van der Waals surface area contributed by atoms with Crippen LogP contribution in [0.2, 0.25) is 0 Å². The molecule has 3 aliphatic rings. The van der Waals surface area contributed by atoms with Crippen molar-refractivity contribution in [1.29, 1.82) is 0 Å². The summed E-state index contributed by atoms with van der Waals surface area (Å²) in [5, 5.41) is 0. The van der Waals surface area contributed by atoms with Crippen molar-refractivity contribution >= 4 is 45.0 Å². The number of carbonyl (C=O) groups is 3. The molecular weight excluding hydrogens is 557 g/mol. The molecule has 0 bridgehead atoms. The van der Waals surface area contributed by atoms with E-state index in [2.05, 4.69) is 15.9 Å². The highest BCUT2D eigenvalue weighted by atomic mass is 79.9. The van der Waals surface area contributed by atoms with E-state index in [1.165, 1.54) is 12.1 Å². The Kier molecular flexibility index (Phi) is 5.32. The third kappa shape index (κ3) is 3.24. The van der Waals surface area contributed by atoms with Crippen LogP contribution in [0.1, 0.15) is 48.1 Å². The normalized spacial score (nSPS) is 22.1. The van der Waals surface area contributed by atoms with Crippen LogP contribution >= 0.6 is 15.9 Å². The summed E-state index contributed by atoms with van der Waals surface area (Å²) in [5.41, 5.74) is 1.81. The average Bonchev–Trinajstić information content (AvgIpc) is 3.39. The van der Waals surface area contributed by atoms with Gasteiger partial charge in [0.05, 0.1) is 6.04 Å². The van der Waals surface area contributed by atoms with E-state index < -0.39 is 29.2 Å². The molecule has 3 atom stereocenters. The van der Waals surface area contributed by atoms with E-state index in [1.54, 1.807) is 60.7 Å². The van der Waals surface area contributed by atoms with E-state index in [1.807, 2.05) is 41.3 Å². The van der Waals surface area contributed by atoms with Crippen molar-refractivity contribution in [3.05, 3.63) is 141 Å². The molecule has 6 heteroatoms. The average molecular weight is 578 g/mol. The van der Waals surface area contributed by atoms with Crippen molar-refractivity contribution in [3.8, 4) is 0 Å². The van der Waals surface area contributed by atoms with Crippen molar-refractivity contribution in [2.24, 2.45) is 5.41 Å². The lowest BCUT2D eigenvalue weighted by atomic mass is 9.64. The van der Waals surface area contributed by atoms with Gasteiger partial charge in [0.1, 0.15) is 17.3 Å². The summed E-state index contributed by atoms with van der Waals surface area (Å²) in [6.45, 7) is 0. The van der Waals surface area contributed by atoms with Crippen LogP contribution in [0.3, 0.4) is 0 Å². The Hall–Kier alpha value is -4.16. The van der Waals surface area contributed by atoms with Gasteiger partial charge >= 0.3 is 0 Å². The molecule has 0 N–H and O–H groups in total. The smallest absolute Gasteiger partial charge is 0.185 e. The van der Waals surface area contributed by atoms with Gasteiger partial charge in [0, 0.05) is 32.8 Å². The number of hydrogen-bond acceptors (Lipinski definition) is 4. The molecule has 0 amide bonds. The Bertz CT molecular complexity index is 1680. The van der Waals surface area contributed by atoms with Crippen LogP contribution in [-0.4, -0.2) is 29.4 Å². The first-order valence-electron chi connectivity index (χ1n) is 12.7. The molecule has 0 aromatic heterocycles. The summed E-state index contributed by atoms with van der Waals surface area (Å²) < 4.78 is 15.0. The minimum atomic E-state index is -1.60. The number of ketones is 3. The molecule has 2 heterocycles. The second kappa shape index (κ2) is 8.68. The first-order chi connectivity index (χ1) is 18.9. The molecule has 1 aliphatic carbocycles. The molecule has 0 unspecified atom stereocenters. The highest BCUT2D eigenvalue weighted by Gasteiger charge is 2.71. The number of halogens is 2. The van der Waals surface area contributed by atoms with Crippen molar-refractivity contribution in [1.82, 2.24) is 0 Å². The summed E-state index contributed by atoms with van der Waals surface area (Å²) in [5.74, 6) is -2.10. The molecule has 39 heavy (non-hydrogen) atoms. The van der Waals surface area contributed by atoms with Crippen LogP contribution in [0.15, 0.2) is 108 Å². The predicted octanol–water partition coefficient (Wildman–Crippen LogP) is 6.90. The Labute approximate surface area is 232 Å². The SMILES string of the molecule is O=C(c1ccccc1)[C@@H]1[C@H](c2ccc(F)cc2)C2(C(=O)c3ccccc3C2=O)[C@@H]2C=Cc3cc(Br)ccc3N12. The van der Waals surface area contributed by atoms with E-state index >= 15 is 0 Å². The zero-order valence-electron chi connectivity index (χ0n) is 20.6. The topological polar surface area (TPSA) is 54.5 Å². The summed E-state index contributed by atoms with van der Waals surface area (Å²) in [6.07, 6.45) is 3.80. The zero-order valence-corrected chi connectivity index (χ0v) is 22.1. The van der Waals surface area contributed by atoms with E-state index in [4.69, 9.17) is 0 Å². The molecule has 4 aromatic carbocycles. The summed E-state index contributed by atoms with van der Waals surface area (Å²) in [7, 11) is 0. The molecule has 1 spiro atoms. The largest absolute Gasteiger partial charge is 0.352 e. The maximum atomic E-state index is 14.5. The van der Waals surface area contributed by atoms with Crippen LogP contribution in [0.5, 0.6) is 0 Å². The summed E-state index contributed by atoms with van der Waals surface area (Å²) in [4.78, 5) is 45.5. The Morgan fingerprint density at radius 3 is 2.13 bits per heavy atom. The minimum absolute atomic E-state index is 0.201. The lowest BCUT2D eigenvalue weighted by Gasteiger charge is -2.37. The summed E-state index contributed by atoms with van der Waals surface area (Å²) in [6, 6.07) is 25.8. The molecule has 4 aromatic rings. The predicted molar refractivity (Wildman–Crippen MR) is 151 cm³/mol. The fourth-order valence-electron chi connectivity index (χ4n) is 6.76. The van der Waals surface area contributed by atoms with Gasteiger partial charge in [0.15, 0.2) is 17.3 Å². The van der Waals surface area contributed by atoms with E-state index in [9.17, 15) is 18.8 Å². The highest BCUT2D eigenvalue weighted by molar-refractivity contribution is 9.10. The number of Topliss-reactive ketones (excluding diaryl/α,β-unsaturated/α-hetero) is 3. The minimum Gasteiger partial charge on any atom is -0.352 e. The zero-order chi connectivity index (χ0) is 26.9.